The van der Waals surface area contributed by atoms with E-state index in [-0.39, 0.29) is 0 Å². The van der Waals surface area contributed by atoms with Crippen LogP contribution in [-0.4, -0.2) is 44.9 Å². The molecule has 0 saturated heterocycles. The van der Waals surface area contributed by atoms with Gasteiger partial charge in [-0.2, -0.15) is 0 Å². The number of hydrogen-bond acceptors (Lipinski definition) is 12. The molecule has 0 amide bonds. The molecule has 6 heterocycles. The zero-order valence-corrected chi connectivity index (χ0v) is 66.4. The largest absolute Gasteiger partial charge is 0.208 e. The molecule has 12 heteroatoms. The van der Waals surface area contributed by atoms with Crippen molar-refractivity contribution in [3.8, 4) is 136 Å². The Labute approximate surface area is 698 Å². The number of aromatic nitrogens is 9. The third-order valence-corrected chi connectivity index (χ3v) is 25.2. The quantitative estimate of drug-likeness (QED) is 0.118. The minimum Gasteiger partial charge on any atom is -0.208 e. The van der Waals surface area contributed by atoms with E-state index in [1.807, 2.05) is 186 Å². The van der Waals surface area contributed by atoms with E-state index >= 15 is 0 Å². The lowest BCUT2D eigenvalue weighted by Gasteiger charge is -2.13. The van der Waals surface area contributed by atoms with Crippen LogP contribution in [0.4, 0.5) is 0 Å². The van der Waals surface area contributed by atoms with Crippen LogP contribution in [-0.2, 0) is 0 Å². The van der Waals surface area contributed by atoms with E-state index in [0.717, 1.165) is 60.8 Å². The van der Waals surface area contributed by atoms with Gasteiger partial charge in [0.2, 0.25) is 0 Å². The molecule has 9 nitrogen and oxygen atoms in total. The van der Waals surface area contributed by atoms with Crippen LogP contribution in [0.5, 0.6) is 0 Å². The van der Waals surface area contributed by atoms with E-state index in [0.29, 0.717) is 52.4 Å². The molecule has 0 aliphatic heterocycles. The lowest BCUT2D eigenvalue weighted by Crippen LogP contribution is -2.00. The van der Waals surface area contributed by atoms with Gasteiger partial charge in [0.1, 0.15) is 0 Å². The van der Waals surface area contributed by atoms with Crippen molar-refractivity contribution in [2.75, 3.05) is 0 Å². The number of hydrogen-bond donors (Lipinski definition) is 0. The normalized spacial score (nSPS) is 11.4. The second-order valence-corrected chi connectivity index (χ2v) is 32.3. The summed E-state index contributed by atoms with van der Waals surface area (Å²) < 4.78 is 7.87. The summed E-state index contributed by atoms with van der Waals surface area (Å²) >= 11 is 5.54. The molecular weight excluding hydrogens is 1510 g/mol. The summed E-state index contributed by atoms with van der Waals surface area (Å²) in [6.45, 7) is 0. The van der Waals surface area contributed by atoms with Crippen molar-refractivity contribution in [1.29, 1.82) is 0 Å². The zero-order valence-electron chi connectivity index (χ0n) is 63.9. The number of fused-ring (bicyclic) bond motifs is 11. The van der Waals surface area contributed by atoms with E-state index in [4.69, 9.17) is 44.9 Å². The van der Waals surface area contributed by atoms with Gasteiger partial charge in [0.05, 0.1) is 0 Å². The van der Waals surface area contributed by atoms with Gasteiger partial charge in [-0.25, -0.2) is 44.9 Å². The molecule has 0 unspecified atom stereocenters. The Morgan fingerprint density at radius 1 is 0.143 bits per heavy atom. The Hall–Kier alpha value is -15.1. The number of nitrogens with zero attached hydrogens (tertiary/aromatic N) is 9. The fourth-order valence-corrected chi connectivity index (χ4v) is 19.2. The van der Waals surface area contributed by atoms with Crippen molar-refractivity contribution < 1.29 is 0 Å². The minimum absolute atomic E-state index is 0.660. The molecule has 0 bridgehead atoms. The van der Waals surface area contributed by atoms with Gasteiger partial charge in [-0.1, -0.05) is 358 Å². The lowest BCUT2D eigenvalue weighted by atomic mass is 9.94. The van der Waals surface area contributed by atoms with E-state index in [9.17, 15) is 0 Å². The fraction of sp³-hybridized carbons (Fsp3) is 0. The van der Waals surface area contributed by atoms with Crippen molar-refractivity contribution in [2.45, 2.75) is 0 Å². The molecule has 6 aromatic heterocycles. The molecule has 0 fully saturated rings. The van der Waals surface area contributed by atoms with Crippen LogP contribution in [0.25, 0.3) is 218 Å². The van der Waals surface area contributed by atoms with Crippen LogP contribution >= 0.6 is 34.0 Å². The van der Waals surface area contributed by atoms with Crippen molar-refractivity contribution >= 4 is 116 Å². The van der Waals surface area contributed by atoms with Gasteiger partial charge in [0, 0.05) is 116 Å². The maximum atomic E-state index is 5.01. The highest BCUT2D eigenvalue weighted by Crippen LogP contribution is 2.46. The van der Waals surface area contributed by atoms with E-state index in [2.05, 4.69) is 255 Å². The zero-order chi connectivity index (χ0) is 79.0. The average Bonchev–Trinajstić information content (AvgIpc) is 1.64. The number of thiophene rings is 3. The summed E-state index contributed by atoms with van der Waals surface area (Å²) in [7, 11) is 0. The molecule has 23 rings (SSSR count). The van der Waals surface area contributed by atoms with E-state index in [1.165, 1.54) is 105 Å². The third-order valence-electron chi connectivity index (χ3n) is 21.6. The van der Waals surface area contributed by atoms with Gasteiger partial charge in [-0.15, -0.1) is 34.0 Å². The van der Waals surface area contributed by atoms with E-state index < -0.39 is 0 Å². The van der Waals surface area contributed by atoms with Crippen LogP contribution in [0.3, 0.4) is 0 Å². The molecule has 0 aliphatic carbocycles. The highest BCUT2D eigenvalue weighted by Gasteiger charge is 2.21. The second kappa shape index (κ2) is 31.6. The van der Waals surface area contributed by atoms with Crippen LogP contribution < -0.4 is 0 Å². The fourth-order valence-electron chi connectivity index (χ4n) is 15.8. The SMILES string of the molecule is c1ccc(-c2nc(-c3ccc(-c4cccc5sc6ccccc6c45)cc3)nc(-c3ccc4ccccc4c3)n2)cc1.c1ccc(-c2nc(-c3ccccc3)nc(-c3ccc(-c4ccc5sc6ccccc6c5c4)cc3)n2)cc1.c1ccc(-c2nc(-c3ccccc3)nc(-c3ccc(-c4cccc5c4sc4ccccc45)c4ccccc34)n2)cc1. The second-order valence-electron chi connectivity index (χ2n) is 29.0. The molecular formula is C107H67N9S3. The summed E-state index contributed by atoms with van der Waals surface area (Å²) in [5.74, 6) is 5.99. The maximum Gasteiger partial charge on any atom is 0.164 e. The molecule has 0 aliphatic rings. The summed E-state index contributed by atoms with van der Waals surface area (Å²) in [5, 5.41) is 12.5. The van der Waals surface area contributed by atoms with Gasteiger partial charge < -0.3 is 0 Å². The molecule has 0 spiro atoms. The third kappa shape index (κ3) is 14.3. The van der Waals surface area contributed by atoms with Gasteiger partial charge in [0.15, 0.2) is 52.4 Å². The Kier molecular flexibility index (Phi) is 19.1. The Morgan fingerprint density at radius 2 is 0.471 bits per heavy atom. The van der Waals surface area contributed by atoms with Gasteiger partial charge in [-0.3, -0.25) is 0 Å². The molecule has 0 radical (unpaired) electrons. The van der Waals surface area contributed by atoms with Crippen molar-refractivity contribution in [2.24, 2.45) is 0 Å². The van der Waals surface area contributed by atoms with Crippen LogP contribution in [0.2, 0.25) is 0 Å². The Morgan fingerprint density at radius 3 is 1.00 bits per heavy atom. The molecule has 17 aromatic carbocycles. The summed E-state index contributed by atoms with van der Waals surface area (Å²) in [6, 6.07) is 141. The molecule has 23 aromatic rings. The monoisotopic (exact) mass is 1570 g/mol. The Bertz CT molecular complexity index is 7600. The summed E-state index contributed by atoms with van der Waals surface area (Å²) in [4.78, 5) is 44.2. The standard InChI is InChI=1S/2C37H23N3S.C33H21N3S/c1-3-12-24(13-4-1)35-38-36(25-14-5-2-6-15-25)40-37(39-35)32-23-22-28(26-16-7-8-17-27(26)32)30-19-11-20-31-29-18-9-10-21-33(29)41-34(30)31;1-2-10-26(11-3-1)35-38-36(40-37(39-35)29-22-17-24-9-4-5-12-28(24)23-29)27-20-18-25(19-21-27)30-14-8-16-33-34(30)31-13-6-7-15-32(31)41-33;1-3-9-23(10-4-1)31-34-32(24-11-5-2-6-12-24)36-33(35-31)25-17-15-22(16-18-25)26-19-20-30-28(21-26)27-13-7-8-14-29(27)37-30/h2*1-23H;1-21H. The molecule has 0 atom stereocenters. The van der Waals surface area contributed by atoms with Crippen LogP contribution in [0.1, 0.15) is 0 Å². The molecule has 0 N–H and O–H groups in total. The summed E-state index contributed by atoms with van der Waals surface area (Å²) in [6.07, 6.45) is 0. The lowest BCUT2D eigenvalue weighted by molar-refractivity contribution is 1.07. The smallest absolute Gasteiger partial charge is 0.164 e. The number of benzene rings is 17. The number of rotatable bonds is 12. The first-order chi connectivity index (χ1) is 58.9. The molecule has 119 heavy (non-hydrogen) atoms. The van der Waals surface area contributed by atoms with Gasteiger partial charge >= 0.3 is 0 Å². The Balaban J connectivity index is 0.000000111. The topological polar surface area (TPSA) is 116 Å². The highest BCUT2D eigenvalue weighted by atomic mass is 32.1. The predicted octanol–water partition coefficient (Wildman–Crippen LogP) is 29.0. The summed E-state index contributed by atoms with van der Waals surface area (Å²) in [5.41, 5.74) is 15.9. The average molecular weight is 1570 g/mol. The minimum atomic E-state index is 0.660. The molecule has 0 saturated carbocycles. The first-order valence-corrected chi connectivity index (χ1v) is 41.9. The predicted molar refractivity (Wildman–Crippen MR) is 498 cm³/mol. The van der Waals surface area contributed by atoms with Crippen molar-refractivity contribution in [1.82, 2.24) is 44.9 Å². The van der Waals surface area contributed by atoms with Crippen LogP contribution in [0.15, 0.2) is 406 Å². The van der Waals surface area contributed by atoms with Crippen molar-refractivity contribution in [3.63, 3.8) is 0 Å². The van der Waals surface area contributed by atoms with Crippen molar-refractivity contribution in [3.05, 3.63) is 406 Å². The van der Waals surface area contributed by atoms with Crippen LogP contribution in [0, 0.1) is 0 Å². The molecule has 558 valence electrons. The van der Waals surface area contributed by atoms with E-state index in [1.54, 1.807) is 0 Å². The van der Waals surface area contributed by atoms with Gasteiger partial charge in [-0.05, 0) is 97.9 Å². The first kappa shape index (κ1) is 71.7. The van der Waals surface area contributed by atoms with Gasteiger partial charge in [0.25, 0.3) is 0 Å². The maximum absolute atomic E-state index is 5.01. The first-order valence-electron chi connectivity index (χ1n) is 39.5. The highest BCUT2D eigenvalue weighted by molar-refractivity contribution is 7.27.